The Morgan fingerprint density at radius 2 is 1.50 bits per heavy atom. The molecule has 6 nitrogen and oxygen atoms in total. The molecular formula is C27H21F3N4O2. The Balaban J connectivity index is 1.90. The van der Waals surface area contributed by atoms with Gasteiger partial charge in [0.15, 0.2) is 0 Å². The summed E-state index contributed by atoms with van der Waals surface area (Å²) in [6.45, 7) is 3.77. The summed E-state index contributed by atoms with van der Waals surface area (Å²) in [7, 11) is 0. The van der Waals surface area contributed by atoms with E-state index in [4.69, 9.17) is 0 Å². The third kappa shape index (κ3) is 4.44. The van der Waals surface area contributed by atoms with E-state index in [1.54, 1.807) is 59.5 Å². The van der Waals surface area contributed by atoms with Crippen molar-refractivity contribution >= 4 is 17.4 Å². The molecule has 1 heterocycles. The molecule has 182 valence electrons. The highest BCUT2D eigenvalue weighted by Crippen LogP contribution is 2.50. The molecule has 0 N–H and O–H groups in total. The number of hydrogen-bond donors (Lipinski definition) is 0. The SMILES string of the molecule is CC[C@@]1(C)[C@@H](c2cccc(OC(F)(F)F)c2)N(c2ccc(C#N)cc2)C(=O)N1c1ccc(C#N)cc1. The van der Waals surface area contributed by atoms with Crippen molar-refractivity contribution in [2.75, 3.05) is 9.80 Å². The van der Waals surface area contributed by atoms with E-state index in [2.05, 4.69) is 4.74 Å². The average molecular weight is 490 g/mol. The number of halogens is 3. The first-order chi connectivity index (χ1) is 17.1. The van der Waals surface area contributed by atoms with Crippen LogP contribution in [0.5, 0.6) is 5.75 Å². The van der Waals surface area contributed by atoms with Crippen molar-refractivity contribution in [3.63, 3.8) is 0 Å². The number of benzene rings is 3. The molecule has 3 aromatic rings. The van der Waals surface area contributed by atoms with Gasteiger partial charge in [-0.2, -0.15) is 10.5 Å². The number of hydrogen-bond acceptors (Lipinski definition) is 4. The monoisotopic (exact) mass is 490 g/mol. The van der Waals surface area contributed by atoms with Crippen LogP contribution in [-0.2, 0) is 0 Å². The molecule has 3 aromatic carbocycles. The summed E-state index contributed by atoms with van der Waals surface area (Å²) in [4.78, 5) is 17.1. The Morgan fingerprint density at radius 1 is 0.944 bits per heavy atom. The number of nitrogens with zero attached hydrogens (tertiary/aromatic N) is 4. The number of alkyl halides is 3. The van der Waals surface area contributed by atoms with Crippen LogP contribution in [0, 0.1) is 22.7 Å². The first-order valence-electron chi connectivity index (χ1n) is 11.1. The van der Waals surface area contributed by atoms with Gasteiger partial charge in [-0.3, -0.25) is 9.80 Å². The number of ether oxygens (including phenoxy) is 1. The molecule has 36 heavy (non-hydrogen) atoms. The first-order valence-corrected chi connectivity index (χ1v) is 11.1. The third-order valence-corrected chi connectivity index (χ3v) is 6.41. The molecule has 1 saturated heterocycles. The summed E-state index contributed by atoms with van der Waals surface area (Å²) in [5.41, 5.74) is 1.44. The lowest BCUT2D eigenvalue weighted by atomic mass is 9.83. The lowest BCUT2D eigenvalue weighted by molar-refractivity contribution is -0.274. The zero-order chi connectivity index (χ0) is 26.1. The highest BCUT2D eigenvalue weighted by molar-refractivity contribution is 6.08. The minimum atomic E-state index is -4.86. The fourth-order valence-corrected chi connectivity index (χ4v) is 4.62. The number of amides is 2. The van der Waals surface area contributed by atoms with Crippen LogP contribution in [0.1, 0.15) is 43.0 Å². The quantitative estimate of drug-likeness (QED) is 0.399. The number of carbonyl (C=O) groups excluding carboxylic acids is 1. The van der Waals surface area contributed by atoms with Gasteiger partial charge in [-0.25, -0.2) is 4.79 Å². The molecular weight excluding hydrogens is 469 g/mol. The fourth-order valence-electron chi connectivity index (χ4n) is 4.62. The number of rotatable bonds is 5. The van der Waals surface area contributed by atoms with E-state index in [0.29, 0.717) is 34.5 Å². The highest BCUT2D eigenvalue weighted by Gasteiger charge is 2.55. The van der Waals surface area contributed by atoms with E-state index in [0.717, 1.165) is 0 Å². The Kier molecular flexibility index (Phi) is 6.34. The van der Waals surface area contributed by atoms with Crippen molar-refractivity contribution in [2.24, 2.45) is 0 Å². The second-order valence-electron chi connectivity index (χ2n) is 8.54. The minimum absolute atomic E-state index is 0.387. The van der Waals surface area contributed by atoms with E-state index < -0.39 is 17.9 Å². The first kappa shape index (κ1) is 24.6. The zero-order valence-corrected chi connectivity index (χ0v) is 19.5. The van der Waals surface area contributed by atoms with Gasteiger partial charge in [0.05, 0.1) is 34.8 Å². The van der Waals surface area contributed by atoms with E-state index in [-0.39, 0.29) is 11.8 Å². The molecule has 0 saturated carbocycles. The topological polar surface area (TPSA) is 80.4 Å². The minimum Gasteiger partial charge on any atom is -0.406 e. The summed E-state index contributed by atoms with van der Waals surface area (Å²) in [5, 5.41) is 18.4. The Hall–Kier alpha value is -4.50. The van der Waals surface area contributed by atoms with Crippen LogP contribution in [0.2, 0.25) is 0 Å². The van der Waals surface area contributed by atoms with Gasteiger partial charge in [-0.1, -0.05) is 19.1 Å². The Labute approximate surface area is 206 Å². The Morgan fingerprint density at radius 3 is 2.00 bits per heavy atom. The van der Waals surface area contributed by atoms with E-state index in [9.17, 15) is 28.5 Å². The summed E-state index contributed by atoms with van der Waals surface area (Å²) in [6.07, 6.45) is -4.40. The van der Waals surface area contributed by atoms with Crippen molar-refractivity contribution in [3.8, 4) is 17.9 Å². The summed E-state index contributed by atoms with van der Waals surface area (Å²) in [6, 6.07) is 21.6. The average Bonchev–Trinajstić information content (AvgIpc) is 3.10. The fraction of sp³-hybridized carbons (Fsp3) is 0.222. The lowest BCUT2D eigenvalue weighted by Gasteiger charge is -2.38. The molecule has 1 aliphatic heterocycles. The molecule has 2 atom stereocenters. The lowest BCUT2D eigenvalue weighted by Crippen LogP contribution is -2.45. The molecule has 4 rings (SSSR count). The molecule has 0 radical (unpaired) electrons. The van der Waals surface area contributed by atoms with Gasteiger partial charge in [-0.15, -0.1) is 13.2 Å². The van der Waals surface area contributed by atoms with Gasteiger partial charge in [0.1, 0.15) is 5.75 Å². The molecule has 2 amide bonds. The van der Waals surface area contributed by atoms with Gasteiger partial charge >= 0.3 is 12.4 Å². The molecule has 1 fully saturated rings. The van der Waals surface area contributed by atoms with Crippen molar-refractivity contribution in [2.45, 2.75) is 38.2 Å². The summed E-state index contributed by atoms with van der Waals surface area (Å²) in [5.74, 6) is -0.387. The maximum atomic E-state index is 14.0. The maximum Gasteiger partial charge on any atom is 0.573 e. The van der Waals surface area contributed by atoms with Crippen LogP contribution in [-0.4, -0.2) is 17.9 Å². The molecule has 0 bridgehead atoms. The standard InChI is InChI=1S/C27H21F3N4O2/c1-3-26(2)24(20-5-4-6-23(15-20)36-27(28,29)30)33(21-11-7-18(16-31)8-12-21)25(35)34(26)22-13-9-19(17-32)10-14-22/h4-15,24H,3H2,1-2H3/t24-,26+/m1/s1. The molecule has 0 aliphatic carbocycles. The van der Waals surface area contributed by atoms with Crippen LogP contribution in [0.25, 0.3) is 0 Å². The van der Waals surface area contributed by atoms with Gasteiger partial charge in [-0.05, 0) is 79.6 Å². The number of carbonyl (C=O) groups is 1. The van der Waals surface area contributed by atoms with Crippen LogP contribution in [0.4, 0.5) is 29.3 Å². The van der Waals surface area contributed by atoms with Crippen LogP contribution in [0.15, 0.2) is 72.8 Å². The molecule has 0 spiro atoms. The molecule has 0 unspecified atom stereocenters. The van der Waals surface area contributed by atoms with Gasteiger partial charge < -0.3 is 4.74 Å². The smallest absolute Gasteiger partial charge is 0.406 e. The van der Waals surface area contributed by atoms with Crippen molar-refractivity contribution in [3.05, 3.63) is 89.5 Å². The van der Waals surface area contributed by atoms with Crippen molar-refractivity contribution in [1.29, 1.82) is 10.5 Å². The van der Waals surface area contributed by atoms with Crippen molar-refractivity contribution < 1.29 is 22.7 Å². The third-order valence-electron chi connectivity index (χ3n) is 6.41. The Bertz CT molecular complexity index is 1360. The number of nitriles is 2. The largest absolute Gasteiger partial charge is 0.573 e. The summed E-state index contributed by atoms with van der Waals surface area (Å²) < 4.78 is 43.0. The summed E-state index contributed by atoms with van der Waals surface area (Å²) >= 11 is 0. The van der Waals surface area contributed by atoms with Gasteiger partial charge in [0.2, 0.25) is 0 Å². The normalized spacial score (nSPS) is 19.6. The highest BCUT2D eigenvalue weighted by atomic mass is 19.4. The van der Waals surface area contributed by atoms with E-state index >= 15 is 0 Å². The predicted molar refractivity (Wildman–Crippen MR) is 127 cm³/mol. The zero-order valence-electron chi connectivity index (χ0n) is 19.5. The predicted octanol–water partition coefficient (Wildman–Crippen LogP) is 6.69. The second-order valence-corrected chi connectivity index (χ2v) is 8.54. The van der Waals surface area contributed by atoms with Crippen LogP contribution < -0.4 is 14.5 Å². The van der Waals surface area contributed by atoms with Crippen LogP contribution in [0.3, 0.4) is 0 Å². The van der Waals surface area contributed by atoms with Gasteiger partial charge in [0.25, 0.3) is 0 Å². The van der Waals surface area contributed by atoms with E-state index in [1.807, 2.05) is 26.0 Å². The van der Waals surface area contributed by atoms with Crippen molar-refractivity contribution in [1.82, 2.24) is 0 Å². The maximum absolute atomic E-state index is 14.0. The van der Waals surface area contributed by atoms with E-state index in [1.165, 1.54) is 23.1 Å². The van der Waals surface area contributed by atoms with Gasteiger partial charge in [0, 0.05) is 11.4 Å². The van der Waals surface area contributed by atoms with Crippen LogP contribution >= 0.6 is 0 Å². The molecule has 0 aromatic heterocycles. The number of anilines is 2. The second kappa shape index (κ2) is 9.27. The number of urea groups is 1. The molecule has 1 aliphatic rings. The molecule has 9 heteroatoms.